The van der Waals surface area contributed by atoms with E-state index < -0.39 is 27.7 Å². The fourth-order valence-corrected chi connectivity index (χ4v) is 2.94. The summed E-state index contributed by atoms with van der Waals surface area (Å²) in [6.45, 7) is 1.88. The molecule has 0 amide bonds. The molecule has 2 aromatic rings. The van der Waals surface area contributed by atoms with Crippen molar-refractivity contribution in [3.8, 4) is 6.07 Å². The van der Waals surface area contributed by atoms with E-state index in [1.807, 2.05) is 6.92 Å². The third-order valence-corrected chi connectivity index (χ3v) is 4.35. The van der Waals surface area contributed by atoms with E-state index in [9.17, 15) is 13.0 Å². The normalized spacial score (nSPS) is 13.5. The minimum absolute atomic E-state index is 0.189. The van der Waals surface area contributed by atoms with Crippen LogP contribution < -0.4 is 0 Å². The number of aryl methyl sites for hydroxylation is 1. The number of benzene rings is 2. The number of nitriles is 1. The molecule has 0 aliphatic rings. The van der Waals surface area contributed by atoms with E-state index in [0.29, 0.717) is 4.90 Å². The maximum atomic E-state index is 13.7. The second kappa shape index (κ2) is 5.93. The predicted molar refractivity (Wildman–Crippen MR) is 72.3 cm³/mol. The molecule has 0 aliphatic carbocycles. The highest BCUT2D eigenvalue weighted by molar-refractivity contribution is 7.85. The molecule has 0 saturated carbocycles. The standard InChI is InChI=1S/C15H11F2NOS/c1-10-2-5-12(6-3-10)20(19)15(9-18)13-8-11(16)4-7-14(13)17/h2-8,15H,1H3. The van der Waals surface area contributed by atoms with Crippen LogP contribution in [0.1, 0.15) is 16.4 Å². The van der Waals surface area contributed by atoms with Crippen LogP contribution in [0, 0.1) is 29.9 Å². The summed E-state index contributed by atoms with van der Waals surface area (Å²) >= 11 is 0. The van der Waals surface area contributed by atoms with Crippen molar-refractivity contribution in [3.05, 3.63) is 65.2 Å². The first-order valence-electron chi connectivity index (χ1n) is 5.84. The minimum atomic E-state index is -1.77. The van der Waals surface area contributed by atoms with Gasteiger partial charge in [0.1, 0.15) is 11.6 Å². The van der Waals surface area contributed by atoms with E-state index in [-0.39, 0.29) is 5.56 Å². The Morgan fingerprint density at radius 1 is 1.15 bits per heavy atom. The zero-order valence-corrected chi connectivity index (χ0v) is 11.5. The van der Waals surface area contributed by atoms with Crippen LogP contribution in [0.25, 0.3) is 0 Å². The fourth-order valence-electron chi connectivity index (χ4n) is 1.76. The molecule has 0 bridgehead atoms. The van der Waals surface area contributed by atoms with Gasteiger partial charge in [0, 0.05) is 10.5 Å². The van der Waals surface area contributed by atoms with Gasteiger partial charge >= 0.3 is 0 Å². The Morgan fingerprint density at radius 2 is 1.80 bits per heavy atom. The Hall–Kier alpha value is -2.06. The molecule has 0 fully saturated rings. The molecule has 102 valence electrons. The summed E-state index contributed by atoms with van der Waals surface area (Å²) in [5.41, 5.74) is 0.794. The van der Waals surface area contributed by atoms with E-state index in [0.717, 1.165) is 23.8 Å². The van der Waals surface area contributed by atoms with Crippen molar-refractivity contribution < 1.29 is 13.0 Å². The molecule has 2 rings (SSSR count). The van der Waals surface area contributed by atoms with Crippen LogP contribution >= 0.6 is 0 Å². The van der Waals surface area contributed by atoms with Gasteiger partial charge in [-0.15, -0.1) is 0 Å². The van der Waals surface area contributed by atoms with Crippen molar-refractivity contribution in [1.82, 2.24) is 0 Å². The summed E-state index contributed by atoms with van der Waals surface area (Å²) in [5, 5.41) is 7.91. The molecule has 0 N–H and O–H groups in total. The first kappa shape index (κ1) is 14.4. The summed E-state index contributed by atoms with van der Waals surface area (Å²) in [7, 11) is -1.77. The Kier molecular flexibility index (Phi) is 4.26. The molecule has 2 atom stereocenters. The smallest absolute Gasteiger partial charge is 0.154 e. The lowest BCUT2D eigenvalue weighted by molar-refractivity contribution is 0.587. The van der Waals surface area contributed by atoms with Gasteiger partial charge in [0.2, 0.25) is 0 Å². The quantitative estimate of drug-likeness (QED) is 0.866. The van der Waals surface area contributed by atoms with E-state index in [1.54, 1.807) is 30.3 Å². The lowest BCUT2D eigenvalue weighted by Crippen LogP contribution is -2.07. The zero-order valence-electron chi connectivity index (χ0n) is 10.6. The van der Waals surface area contributed by atoms with Gasteiger partial charge in [-0.2, -0.15) is 5.26 Å². The van der Waals surface area contributed by atoms with Crippen LogP contribution in [-0.4, -0.2) is 4.21 Å². The van der Waals surface area contributed by atoms with E-state index in [1.165, 1.54) is 0 Å². The largest absolute Gasteiger partial charge is 0.253 e. The van der Waals surface area contributed by atoms with E-state index >= 15 is 0 Å². The van der Waals surface area contributed by atoms with Crippen LogP contribution in [-0.2, 0) is 10.8 Å². The number of rotatable bonds is 3. The van der Waals surface area contributed by atoms with Gasteiger partial charge in [0.15, 0.2) is 5.25 Å². The van der Waals surface area contributed by atoms with Crippen LogP contribution in [0.3, 0.4) is 0 Å². The van der Waals surface area contributed by atoms with Crippen molar-refractivity contribution in [2.45, 2.75) is 17.1 Å². The van der Waals surface area contributed by atoms with Gasteiger partial charge in [-0.05, 0) is 37.3 Å². The van der Waals surface area contributed by atoms with Crippen molar-refractivity contribution in [2.24, 2.45) is 0 Å². The third kappa shape index (κ3) is 2.91. The number of hydrogen-bond donors (Lipinski definition) is 0. The van der Waals surface area contributed by atoms with Gasteiger partial charge in [0.05, 0.1) is 16.9 Å². The number of halogens is 2. The average Bonchev–Trinajstić information content (AvgIpc) is 2.44. The highest BCUT2D eigenvalue weighted by atomic mass is 32.2. The maximum absolute atomic E-state index is 13.7. The zero-order chi connectivity index (χ0) is 14.7. The molecule has 5 heteroatoms. The van der Waals surface area contributed by atoms with Crippen molar-refractivity contribution in [2.75, 3.05) is 0 Å². The molecule has 0 aromatic heterocycles. The molecule has 20 heavy (non-hydrogen) atoms. The molecular formula is C15H11F2NOS. The monoisotopic (exact) mass is 291 g/mol. The number of nitrogens with zero attached hydrogens (tertiary/aromatic N) is 1. The second-order valence-electron chi connectivity index (χ2n) is 4.29. The van der Waals surface area contributed by atoms with Gasteiger partial charge in [0.25, 0.3) is 0 Å². The van der Waals surface area contributed by atoms with E-state index in [2.05, 4.69) is 0 Å². The molecule has 2 aromatic carbocycles. The molecule has 2 nitrogen and oxygen atoms in total. The third-order valence-electron chi connectivity index (χ3n) is 2.83. The van der Waals surface area contributed by atoms with Gasteiger partial charge in [-0.1, -0.05) is 17.7 Å². The molecule has 0 heterocycles. The van der Waals surface area contributed by atoms with Crippen molar-refractivity contribution in [3.63, 3.8) is 0 Å². The van der Waals surface area contributed by atoms with Gasteiger partial charge < -0.3 is 0 Å². The molecule has 2 unspecified atom stereocenters. The lowest BCUT2D eigenvalue weighted by Gasteiger charge is -2.11. The molecular weight excluding hydrogens is 280 g/mol. The maximum Gasteiger partial charge on any atom is 0.154 e. The Morgan fingerprint density at radius 3 is 2.40 bits per heavy atom. The van der Waals surface area contributed by atoms with Gasteiger partial charge in [-0.25, -0.2) is 8.78 Å². The summed E-state index contributed by atoms with van der Waals surface area (Å²) in [6.07, 6.45) is 0. The van der Waals surface area contributed by atoms with Gasteiger partial charge in [-0.3, -0.25) is 4.21 Å². The second-order valence-corrected chi connectivity index (χ2v) is 5.82. The van der Waals surface area contributed by atoms with Crippen LogP contribution in [0.15, 0.2) is 47.4 Å². The van der Waals surface area contributed by atoms with E-state index in [4.69, 9.17) is 5.26 Å². The lowest BCUT2D eigenvalue weighted by atomic mass is 10.1. The first-order valence-corrected chi connectivity index (χ1v) is 7.06. The van der Waals surface area contributed by atoms with Crippen molar-refractivity contribution >= 4 is 10.8 Å². The summed E-state index contributed by atoms with van der Waals surface area (Å²) in [4.78, 5) is 0.408. The Labute approximate surface area is 118 Å². The predicted octanol–water partition coefficient (Wildman–Crippen LogP) is 3.65. The SMILES string of the molecule is Cc1ccc(S(=O)C(C#N)c2cc(F)ccc2F)cc1. The molecule has 0 radical (unpaired) electrons. The van der Waals surface area contributed by atoms with Crippen molar-refractivity contribution in [1.29, 1.82) is 5.26 Å². The number of hydrogen-bond acceptors (Lipinski definition) is 2. The van der Waals surface area contributed by atoms with Crippen LogP contribution in [0.5, 0.6) is 0 Å². The Balaban J connectivity index is 2.42. The Bertz CT molecular complexity index is 692. The van der Waals surface area contributed by atoms with Crippen LogP contribution in [0.4, 0.5) is 8.78 Å². The first-order chi connectivity index (χ1) is 9.52. The summed E-state index contributed by atoms with van der Waals surface area (Å²) < 4.78 is 39.2. The average molecular weight is 291 g/mol. The molecule has 0 spiro atoms. The van der Waals surface area contributed by atoms with Crippen LogP contribution in [0.2, 0.25) is 0 Å². The fraction of sp³-hybridized carbons (Fsp3) is 0.133. The molecule has 0 saturated heterocycles. The highest BCUT2D eigenvalue weighted by Crippen LogP contribution is 2.27. The topological polar surface area (TPSA) is 40.9 Å². The molecule has 0 aliphatic heterocycles. The summed E-state index contributed by atoms with van der Waals surface area (Å²) in [5.74, 6) is -1.40. The minimum Gasteiger partial charge on any atom is -0.253 e. The summed E-state index contributed by atoms with van der Waals surface area (Å²) in [6, 6.07) is 11.3. The highest BCUT2D eigenvalue weighted by Gasteiger charge is 2.24.